The third-order valence-electron chi connectivity index (χ3n) is 3.67. The van der Waals surface area contributed by atoms with Gasteiger partial charge in [-0.15, -0.1) is 0 Å². The highest BCUT2D eigenvalue weighted by Crippen LogP contribution is 2.40. The van der Waals surface area contributed by atoms with Crippen LogP contribution in [0.15, 0.2) is 48.5 Å². The molecule has 3 aromatic rings. The molecule has 0 aliphatic rings. The summed E-state index contributed by atoms with van der Waals surface area (Å²) in [4.78, 5) is 0. The van der Waals surface area contributed by atoms with E-state index in [2.05, 4.69) is 12.1 Å². The Balaban J connectivity index is 2.61. The fraction of sp³-hybridized carbons (Fsp3) is 0.111. The molecule has 0 radical (unpaired) electrons. The van der Waals surface area contributed by atoms with Crippen LogP contribution in [-0.4, -0.2) is 7.11 Å². The van der Waals surface area contributed by atoms with Gasteiger partial charge in [0.25, 0.3) is 0 Å². The van der Waals surface area contributed by atoms with Gasteiger partial charge in [0.05, 0.1) is 19.2 Å². The Bertz CT molecular complexity index is 845. The number of ether oxygens (including phenoxy) is 1. The second kappa shape index (κ2) is 5.15. The molecule has 0 aromatic heterocycles. The molecular weight excluding hydrogens is 260 g/mol. The van der Waals surface area contributed by atoms with Crippen molar-refractivity contribution in [2.45, 2.75) is 5.92 Å². The average Bonchev–Trinajstić information content (AvgIpc) is 2.55. The van der Waals surface area contributed by atoms with Crippen molar-refractivity contribution < 1.29 is 4.74 Å². The maximum Gasteiger partial charge on any atom is 0.159 e. The molecule has 3 rings (SSSR count). The number of hydrogen-bond donors (Lipinski definition) is 0. The van der Waals surface area contributed by atoms with Gasteiger partial charge in [-0.3, -0.25) is 0 Å². The minimum Gasteiger partial charge on any atom is -0.495 e. The number of methoxy groups -OCH3 is 1. The summed E-state index contributed by atoms with van der Waals surface area (Å²) in [6.07, 6.45) is 0. The molecule has 0 amide bonds. The first-order valence-electron chi connectivity index (χ1n) is 6.58. The fourth-order valence-corrected chi connectivity index (χ4v) is 2.81. The molecule has 0 aliphatic carbocycles. The largest absolute Gasteiger partial charge is 0.495 e. The minimum absolute atomic E-state index is 0.756. The summed E-state index contributed by atoms with van der Waals surface area (Å²) >= 11 is 0. The first-order valence-corrected chi connectivity index (χ1v) is 6.58. The van der Waals surface area contributed by atoms with Crippen LogP contribution in [-0.2, 0) is 0 Å². The Labute approximate surface area is 122 Å². The second-order valence-corrected chi connectivity index (χ2v) is 4.73. The van der Waals surface area contributed by atoms with Gasteiger partial charge < -0.3 is 4.74 Å². The van der Waals surface area contributed by atoms with Gasteiger partial charge in [-0.25, -0.2) is 0 Å². The number of rotatable bonds is 2. The van der Waals surface area contributed by atoms with E-state index in [4.69, 9.17) is 4.74 Å². The molecule has 3 aromatic carbocycles. The van der Waals surface area contributed by atoms with E-state index >= 15 is 0 Å². The zero-order valence-electron chi connectivity index (χ0n) is 11.5. The van der Waals surface area contributed by atoms with Crippen LogP contribution in [0.4, 0.5) is 0 Å². The number of benzene rings is 3. The highest BCUT2D eigenvalue weighted by atomic mass is 16.5. The molecule has 0 heterocycles. The Morgan fingerprint density at radius 1 is 0.810 bits per heavy atom. The number of hydrogen-bond acceptors (Lipinski definition) is 3. The van der Waals surface area contributed by atoms with E-state index in [0.29, 0.717) is 0 Å². The van der Waals surface area contributed by atoms with Crippen molar-refractivity contribution in [3.8, 4) is 17.9 Å². The Morgan fingerprint density at radius 2 is 1.24 bits per heavy atom. The zero-order valence-corrected chi connectivity index (χ0v) is 11.5. The first kappa shape index (κ1) is 13.0. The van der Waals surface area contributed by atoms with Gasteiger partial charge in [0.1, 0.15) is 5.75 Å². The van der Waals surface area contributed by atoms with Crippen LogP contribution in [0.2, 0.25) is 0 Å². The maximum atomic E-state index is 9.32. The maximum absolute atomic E-state index is 9.32. The van der Waals surface area contributed by atoms with Gasteiger partial charge in [-0.2, -0.15) is 10.5 Å². The van der Waals surface area contributed by atoms with Gasteiger partial charge in [0, 0.05) is 10.8 Å². The lowest BCUT2D eigenvalue weighted by molar-refractivity contribution is 0.424. The van der Waals surface area contributed by atoms with Gasteiger partial charge in [0.15, 0.2) is 5.92 Å². The Hall–Kier alpha value is -3.04. The van der Waals surface area contributed by atoms with E-state index in [1.807, 2.05) is 48.5 Å². The molecule has 3 nitrogen and oxygen atoms in total. The van der Waals surface area contributed by atoms with Crippen molar-refractivity contribution in [1.82, 2.24) is 0 Å². The standard InChI is InChI=1S/C18H12N2O/c1-21-18-15-8-4-2-6-13(15)17(12(10-19)11-20)14-7-3-5-9-16(14)18/h2-9,12H,1H3. The summed E-state index contributed by atoms with van der Waals surface area (Å²) in [5.74, 6) is -0.0229. The minimum atomic E-state index is -0.800. The van der Waals surface area contributed by atoms with Gasteiger partial charge in [-0.05, 0) is 16.3 Å². The molecular formula is C18H12N2O. The summed E-state index contributed by atoms with van der Waals surface area (Å²) in [5, 5.41) is 22.3. The molecule has 0 fully saturated rings. The topological polar surface area (TPSA) is 56.8 Å². The van der Waals surface area contributed by atoms with Crippen molar-refractivity contribution in [2.75, 3.05) is 7.11 Å². The Morgan fingerprint density at radius 3 is 1.62 bits per heavy atom. The average molecular weight is 272 g/mol. The van der Waals surface area contributed by atoms with Crippen LogP contribution < -0.4 is 4.74 Å². The molecule has 0 aliphatic heterocycles. The normalized spacial score (nSPS) is 10.5. The summed E-state index contributed by atoms with van der Waals surface area (Å²) in [7, 11) is 1.64. The molecule has 100 valence electrons. The van der Waals surface area contributed by atoms with E-state index in [9.17, 15) is 10.5 Å². The van der Waals surface area contributed by atoms with Crippen LogP contribution >= 0.6 is 0 Å². The van der Waals surface area contributed by atoms with Crippen LogP contribution in [0.3, 0.4) is 0 Å². The van der Waals surface area contributed by atoms with Gasteiger partial charge >= 0.3 is 0 Å². The smallest absolute Gasteiger partial charge is 0.159 e. The van der Waals surface area contributed by atoms with Crippen molar-refractivity contribution in [3.05, 3.63) is 54.1 Å². The van der Waals surface area contributed by atoms with Crippen molar-refractivity contribution in [2.24, 2.45) is 0 Å². The number of nitriles is 2. The summed E-state index contributed by atoms with van der Waals surface area (Å²) in [6, 6.07) is 19.6. The lowest BCUT2D eigenvalue weighted by Gasteiger charge is -2.15. The van der Waals surface area contributed by atoms with Crippen LogP contribution in [0, 0.1) is 22.7 Å². The van der Waals surface area contributed by atoms with E-state index in [1.54, 1.807) is 7.11 Å². The summed E-state index contributed by atoms with van der Waals surface area (Å²) in [6.45, 7) is 0. The summed E-state index contributed by atoms with van der Waals surface area (Å²) < 4.78 is 5.58. The van der Waals surface area contributed by atoms with Crippen molar-refractivity contribution >= 4 is 21.5 Å². The molecule has 21 heavy (non-hydrogen) atoms. The lowest BCUT2D eigenvalue weighted by atomic mass is 9.89. The van der Waals surface area contributed by atoms with Gasteiger partial charge in [-0.1, -0.05) is 48.5 Å². The summed E-state index contributed by atoms with van der Waals surface area (Å²) in [5.41, 5.74) is 0.756. The second-order valence-electron chi connectivity index (χ2n) is 4.73. The van der Waals surface area contributed by atoms with Crippen molar-refractivity contribution in [3.63, 3.8) is 0 Å². The molecule has 3 heteroatoms. The fourth-order valence-electron chi connectivity index (χ4n) is 2.81. The quantitative estimate of drug-likeness (QED) is 0.659. The van der Waals surface area contributed by atoms with E-state index in [-0.39, 0.29) is 0 Å². The molecule has 0 unspecified atom stereocenters. The monoisotopic (exact) mass is 272 g/mol. The molecule has 0 saturated carbocycles. The SMILES string of the molecule is COc1c2ccccc2c(C(C#N)C#N)c2ccccc12. The van der Waals surface area contributed by atoms with Crippen molar-refractivity contribution in [1.29, 1.82) is 10.5 Å². The predicted octanol–water partition coefficient (Wildman–Crippen LogP) is 4.13. The molecule has 0 atom stereocenters. The first-order chi connectivity index (χ1) is 10.3. The highest BCUT2D eigenvalue weighted by Gasteiger charge is 2.20. The molecule has 0 spiro atoms. The molecule has 0 saturated heterocycles. The molecule has 0 bridgehead atoms. The van der Waals surface area contributed by atoms with Crippen LogP contribution in [0.5, 0.6) is 5.75 Å². The van der Waals surface area contributed by atoms with Gasteiger partial charge in [0.2, 0.25) is 0 Å². The van der Waals surface area contributed by atoms with E-state index in [0.717, 1.165) is 32.9 Å². The van der Waals surface area contributed by atoms with Crippen LogP contribution in [0.25, 0.3) is 21.5 Å². The van der Waals surface area contributed by atoms with E-state index in [1.165, 1.54) is 0 Å². The third-order valence-corrected chi connectivity index (χ3v) is 3.67. The molecule has 0 N–H and O–H groups in total. The number of fused-ring (bicyclic) bond motifs is 2. The van der Waals surface area contributed by atoms with E-state index < -0.39 is 5.92 Å². The lowest BCUT2D eigenvalue weighted by Crippen LogP contribution is -1.98. The third kappa shape index (κ3) is 1.88. The Kier molecular flexibility index (Phi) is 3.18. The van der Waals surface area contributed by atoms with Crippen LogP contribution in [0.1, 0.15) is 11.5 Å². The number of nitrogens with zero attached hydrogens (tertiary/aromatic N) is 2. The highest BCUT2D eigenvalue weighted by molar-refractivity contribution is 6.09. The predicted molar refractivity (Wildman–Crippen MR) is 82.0 cm³/mol. The zero-order chi connectivity index (χ0) is 14.8.